The van der Waals surface area contributed by atoms with Crippen LogP contribution >= 0.6 is 0 Å². The molecule has 2 rings (SSSR count). The zero-order valence-electron chi connectivity index (χ0n) is 13.5. The first-order valence-electron chi connectivity index (χ1n) is 7.59. The molecule has 2 aromatic rings. The molecule has 3 amide bonds. The van der Waals surface area contributed by atoms with E-state index in [9.17, 15) is 22.8 Å². The summed E-state index contributed by atoms with van der Waals surface area (Å²) in [6, 6.07) is 7.81. The Morgan fingerprint density at radius 3 is 2.50 bits per heavy atom. The summed E-state index contributed by atoms with van der Waals surface area (Å²) >= 11 is 0. The molecule has 3 N–H and O–H groups in total. The lowest BCUT2D eigenvalue weighted by Crippen LogP contribution is -2.41. The highest BCUT2D eigenvalue weighted by molar-refractivity contribution is 5.94. The molecule has 0 saturated heterocycles. The van der Waals surface area contributed by atoms with Crippen molar-refractivity contribution in [2.75, 3.05) is 25.0 Å². The third kappa shape index (κ3) is 6.34. The number of halogens is 3. The molecule has 0 bridgehead atoms. The predicted molar refractivity (Wildman–Crippen MR) is 88.3 cm³/mol. The van der Waals surface area contributed by atoms with Crippen LogP contribution in [0.15, 0.2) is 42.5 Å². The number of ether oxygens (including phenoxy) is 1. The lowest BCUT2D eigenvalue weighted by atomic mass is 10.3. The van der Waals surface area contributed by atoms with E-state index in [0.717, 1.165) is 18.2 Å². The molecular formula is C17H16F3N3O3. The van der Waals surface area contributed by atoms with Gasteiger partial charge in [0.05, 0.1) is 13.1 Å². The smallest absolute Gasteiger partial charge is 0.315 e. The fourth-order valence-electron chi connectivity index (χ4n) is 1.89. The lowest BCUT2D eigenvalue weighted by molar-refractivity contribution is -0.115. The minimum atomic E-state index is -1.03. The Hall–Kier alpha value is -3.23. The molecule has 0 aliphatic carbocycles. The number of rotatable bonds is 7. The number of carbonyl (C=O) groups is 2. The molecule has 0 heterocycles. The van der Waals surface area contributed by atoms with Crippen molar-refractivity contribution < 1.29 is 27.5 Å². The van der Waals surface area contributed by atoms with Gasteiger partial charge < -0.3 is 20.7 Å². The largest absolute Gasteiger partial charge is 0.492 e. The first-order valence-corrected chi connectivity index (χ1v) is 7.59. The highest BCUT2D eigenvalue weighted by atomic mass is 19.2. The van der Waals surface area contributed by atoms with E-state index < -0.39 is 29.4 Å². The first kappa shape index (κ1) is 19.1. The van der Waals surface area contributed by atoms with Gasteiger partial charge in [-0.15, -0.1) is 0 Å². The van der Waals surface area contributed by atoms with E-state index >= 15 is 0 Å². The van der Waals surface area contributed by atoms with Crippen molar-refractivity contribution in [3.05, 3.63) is 59.9 Å². The van der Waals surface area contributed by atoms with Crippen LogP contribution in [0.4, 0.5) is 23.7 Å². The molecule has 0 atom stereocenters. The quantitative estimate of drug-likeness (QED) is 0.658. The monoisotopic (exact) mass is 367 g/mol. The lowest BCUT2D eigenvalue weighted by Gasteiger charge is -2.09. The van der Waals surface area contributed by atoms with Crippen molar-refractivity contribution in [3.8, 4) is 5.75 Å². The highest BCUT2D eigenvalue weighted by Crippen LogP contribution is 2.15. The molecule has 0 spiro atoms. The van der Waals surface area contributed by atoms with Gasteiger partial charge in [-0.1, -0.05) is 6.07 Å². The molecule has 0 unspecified atom stereocenters. The molecule has 2 aromatic carbocycles. The van der Waals surface area contributed by atoms with Gasteiger partial charge in [0.2, 0.25) is 5.91 Å². The highest BCUT2D eigenvalue weighted by Gasteiger charge is 2.07. The van der Waals surface area contributed by atoms with Crippen LogP contribution in [-0.4, -0.2) is 31.6 Å². The number of amides is 3. The average molecular weight is 367 g/mol. The van der Waals surface area contributed by atoms with Gasteiger partial charge in [-0.05, 0) is 30.3 Å². The van der Waals surface area contributed by atoms with E-state index in [4.69, 9.17) is 4.74 Å². The molecule has 0 aliphatic rings. The van der Waals surface area contributed by atoms with Crippen LogP contribution in [-0.2, 0) is 4.79 Å². The molecule has 138 valence electrons. The molecule has 6 nitrogen and oxygen atoms in total. The number of anilines is 1. The van der Waals surface area contributed by atoms with Gasteiger partial charge in [0, 0.05) is 11.8 Å². The van der Waals surface area contributed by atoms with Gasteiger partial charge in [0.1, 0.15) is 18.2 Å². The van der Waals surface area contributed by atoms with E-state index in [2.05, 4.69) is 16.0 Å². The standard InChI is InChI=1S/C17H16F3N3O3/c18-11-2-1-3-12(8-11)23-16(24)10-22-17(25)21-6-7-26-13-4-5-14(19)15(20)9-13/h1-5,8-9H,6-7,10H2,(H,23,24)(H2,21,22,25). The Morgan fingerprint density at radius 1 is 0.962 bits per heavy atom. The van der Waals surface area contributed by atoms with Crippen LogP contribution in [0.25, 0.3) is 0 Å². The van der Waals surface area contributed by atoms with Crippen LogP contribution in [0.1, 0.15) is 0 Å². The van der Waals surface area contributed by atoms with Crippen LogP contribution in [0.2, 0.25) is 0 Å². The molecule has 0 radical (unpaired) electrons. The van der Waals surface area contributed by atoms with Crippen molar-refractivity contribution >= 4 is 17.6 Å². The number of carbonyl (C=O) groups excluding carboxylic acids is 2. The zero-order chi connectivity index (χ0) is 18.9. The van der Waals surface area contributed by atoms with Crippen LogP contribution in [0.3, 0.4) is 0 Å². The minimum absolute atomic E-state index is 0.0218. The summed E-state index contributed by atoms with van der Waals surface area (Å²) < 4.78 is 43.9. The summed E-state index contributed by atoms with van der Waals surface area (Å²) in [5.41, 5.74) is 0.275. The van der Waals surface area contributed by atoms with Gasteiger partial charge >= 0.3 is 6.03 Å². The molecule has 9 heteroatoms. The van der Waals surface area contributed by atoms with Gasteiger partial charge in [0.25, 0.3) is 0 Å². The van der Waals surface area contributed by atoms with Crippen LogP contribution in [0, 0.1) is 17.5 Å². The maximum Gasteiger partial charge on any atom is 0.315 e. The summed E-state index contributed by atoms with van der Waals surface area (Å²) in [5, 5.41) is 7.16. The van der Waals surface area contributed by atoms with E-state index in [1.807, 2.05) is 0 Å². The van der Waals surface area contributed by atoms with Gasteiger partial charge in [-0.3, -0.25) is 4.79 Å². The first-order chi connectivity index (χ1) is 12.4. The van der Waals surface area contributed by atoms with Gasteiger partial charge in [-0.2, -0.15) is 0 Å². The van der Waals surface area contributed by atoms with Crippen molar-refractivity contribution in [2.24, 2.45) is 0 Å². The topological polar surface area (TPSA) is 79.5 Å². The molecular weight excluding hydrogens is 351 g/mol. The van der Waals surface area contributed by atoms with Crippen LogP contribution in [0.5, 0.6) is 5.75 Å². The SMILES string of the molecule is O=C(CNC(=O)NCCOc1ccc(F)c(F)c1)Nc1cccc(F)c1. The fraction of sp³-hybridized carbons (Fsp3) is 0.176. The van der Waals surface area contributed by atoms with Gasteiger partial charge in [-0.25, -0.2) is 18.0 Å². The number of benzene rings is 2. The zero-order valence-corrected chi connectivity index (χ0v) is 13.5. The number of nitrogens with one attached hydrogen (secondary N) is 3. The average Bonchev–Trinajstić information content (AvgIpc) is 2.60. The normalized spacial score (nSPS) is 10.1. The van der Waals surface area contributed by atoms with Crippen molar-refractivity contribution in [1.29, 1.82) is 0 Å². The molecule has 0 saturated carbocycles. The molecule has 0 fully saturated rings. The van der Waals surface area contributed by atoms with E-state index in [1.54, 1.807) is 0 Å². The third-order valence-corrected chi connectivity index (χ3v) is 3.07. The third-order valence-electron chi connectivity index (χ3n) is 3.07. The van der Waals surface area contributed by atoms with Crippen molar-refractivity contribution in [2.45, 2.75) is 0 Å². The van der Waals surface area contributed by atoms with Crippen LogP contribution < -0.4 is 20.7 Å². The van der Waals surface area contributed by atoms with Gasteiger partial charge in [0.15, 0.2) is 11.6 Å². The van der Waals surface area contributed by atoms with Crippen molar-refractivity contribution in [1.82, 2.24) is 10.6 Å². The van der Waals surface area contributed by atoms with E-state index in [0.29, 0.717) is 0 Å². The maximum atomic E-state index is 13.0. The number of urea groups is 1. The summed E-state index contributed by atoms with van der Waals surface area (Å²) in [5.74, 6) is -2.90. The molecule has 26 heavy (non-hydrogen) atoms. The molecule has 0 aromatic heterocycles. The van der Waals surface area contributed by atoms with Crippen molar-refractivity contribution in [3.63, 3.8) is 0 Å². The summed E-state index contributed by atoms with van der Waals surface area (Å²) in [6.45, 7) is -0.212. The second-order valence-corrected chi connectivity index (χ2v) is 5.09. The second kappa shape index (κ2) is 9.30. The second-order valence-electron chi connectivity index (χ2n) is 5.09. The molecule has 0 aliphatic heterocycles. The Kier molecular flexibility index (Phi) is 6.84. The Balaban J connectivity index is 1.62. The number of hydrogen-bond acceptors (Lipinski definition) is 3. The summed E-state index contributed by atoms with van der Waals surface area (Å²) in [6.07, 6.45) is 0. The Morgan fingerprint density at radius 2 is 1.77 bits per heavy atom. The minimum Gasteiger partial charge on any atom is -0.492 e. The van der Waals surface area contributed by atoms with E-state index in [1.165, 1.54) is 24.3 Å². The summed E-state index contributed by atoms with van der Waals surface area (Å²) in [4.78, 5) is 23.2. The Bertz CT molecular complexity index is 787. The van der Waals surface area contributed by atoms with E-state index in [-0.39, 0.29) is 31.1 Å². The maximum absolute atomic E-state index is 13.0. The predicted octanol–water partition coefficient (Wildman–Crippen LogP) is 2.42. The fourth-order valence-corrected chi connectivity index (χ4v) is 1.89. The number of hydrogen-bond donors (Lipinski definition) is 3. The Labute approximate surface area is 147 Å². The summed E-state index contributed by atoms with van der Waals surface area (Å²) in [7, 11) is 0.